The van der Waals surface area contributed by atoms with Crippen molar-refractivity contribution in [1.29, 1.82) is 0 Å². The van der Waals surface area contributed by atoms with Crippen molar-refractivity contribution in [3.05, 3.63) is 58.0 Å². The lowest BCUT2D eigenvalue weighted by molar-refractivity contribution is 0.887. The Hall–Kier alpha value is -1.83. The zero-order valence-electron chi connectivity index (χ0n) is 8.29. The summed E-state index contributed by atoms with van der Waals surface area (Å²) in [7, 11) is 0. The van der Waals surface area contributed by atoms with Gasteiger partial charge in [-0.1, -0.05) is 24.3 Å². The van der Waals surface area contributed by atoms with Gasteiger partial charge >= 0.3 is 0 Å². The number of aromatic nitrogens is 1. The third-order valence-corrected chi connectivity index (χ3v) is 2.95. The first-order chi connectivity index (χ1) is 7.34. The zero-order chi connectivity index (χ0) is 10.3. The third-order valence-electron chi connectivity index (χ3n) is 2.95. The number of aryl methyl sites for hydroxylation is 2. The molecule has 1 N–H and O–H groups in total. The lowest BCUT2D eigenvalue weighted by Gasteiger charge is -2.18. The van der Waals surface area contributed by atoms with E-state index in [1.807, 2.05) is 12.1 Å². The lowest BCUT2D eigenvalue weighted by Crippen LogP contribution is -2.13. The lowest BCUT2D eigenvalue weighted by atomic mass is 9.89. The topological polar surface area (TPSA) is 32.9 Å². The van der Waals surface area contributed by atoms with Crippen molar-refractivity contribution in [2.75, 3.05) is 0 Å². The van der Waals surface area contributed by atoms with Crippen LogP contribution in [0.2, 0.25) is 0 Å². The van der Waals surface area contributed by atoms with Crippen LogP contribution in [0.3, 0.4) is 0 Å². The second-order valence-electron chi connectivity index (χ2n) is 3.87. The number of pyridine rings is 1. The van der Waals surface area contributed by atoms with Gasteiger partial charge < -0.3 is 4.98 Å². The molecule has 2 heteroatoms. The van der Waals surface area contributed by atoms with E-state index in [1.54, 1.807) is 6.07 Å². The number of aromatic amines is 1. The molecule has 2 aromatic rings. The predicted octanol–water partition coefficient (Wildman–Crippen LogP) is 2.14. The number of nitrogens with one attached hydrogen (secondary N) is 1. The molecule has 1 aliphatic rings. The van der Waals surface area contributed by atoms with Crippen LogP contribution in [-0.2, 0) is 12.8 Å². The van der Waals surface area contributed by atoms with Gasteiger partial charge in [-0.2, -0.15) is 0 Å². The van der Waals surface area contributed by atoms with Gasteiger partial charge in [0.2, 0.25) is 5.56 Å². The van der Waals surface area contributed by atoms with Crippen molar-refractivity contribution in [2.45, 2.75) is 12.8 Å². The summed E-state index contributed by atoms with van der Waals surface area (Å²) in [6, 6.07) is 11.9. The molecule has 2 nitrogen and oxygen atoms in total. The molecule has 74 valence electrons. The van der Waals surface area contributed by atoms with Crippen LogP contribution >= 0.6 is 0 Å². The van der Waals surface area contributed by atoms with E-state index in [4.69, 9.17) is 0 Å². The second kappa shape index (κ2) is 3.09. The molecule has 1 heterocycles. The number of benzene rings is 1. The summed E-state index contributed by atoms with van der Waals surface area (Å²) in [6.07, 6.45) is 1.95. The Balaban J connectivity index is 2.30. The van der Waals surface area contributed by atoms with Gasteiger partial charge in [0.15, 0.2) is 0 Å². The maximum atomic E-state index is 11.2. The minimum absolute atomic E-state index is 0.00636. The molecule has 1 aromatic carbocycles. The summed E-state index contributed by atoms with van der Waals surface area (Å²) in [4.78, 5) is 14.1. The first kappa shape index (κ1) is 8.48. The van der Waals surface area contributed by atoms with E-state index < -0.39 is 0 Å². The fraction of sp³-hybridized carbons (Fsp3) is 0.154. The highest BCUT2D eigenvalue weighted by molar-refractivity contribution is 5.71. The highest BCUT2D eigenvalue weighted by Crippen LogP contribution is 2.30. The Morgan fingerprint density at radius 3 is 2.73 bits per heavy atom. The van der Waals surface area contributed by atoms with E-state index in [0.717, 1.165) is 18.5 Å². The van der Waals surface area contributed by atoms with Crippen LogP contribution in [0.4, 0.5) is 0 Å². The zero-order valence-corrected chi connectivity index (χ0v) is 8.29. The Morgan fingerprint density at radius 1 is 0.933 bits per heavy atom. The van der Waals surface area contributed by atoms with Crippen LogP contribution in [0.15, 0.2) is 41.2 Å². The van der Waals surface area contributed by atoms with Crippen molar-refractivity contribution in [2.24, 2.45) is 0 Å². The van der Waals surface area contributed by atoms with E-state index in [2.05, 4.69) is 23.2 Å². The van der Waals surface area contributed by atoms with Gasteiger partial charge in [-0.3, -0.25) is 4.79 Å². The maximum Gasteiger partial charge on any atom is 0.248 e. The molecule has 0 bridgehead atoms. The van der Waals surface area contributed by atoms with Crippen molar-refractivity contribution in [3.8, 4) is 11.1 Å². The normalized spacial score (nSPS) is 13.1. The van der Waals surface area contributed by atoms with Crippen LogP contribution in [0.1, 0.15) is 11.3 Å². The molecule has 0 atom stereocenters. The Bertz CT molecular complexity index is 569. The van der Waals surface area contributed by atoms with Gasteiger partial charge in [0.25, 0.3) is 0 Å². The Labute approximate surface area is 87.6 Å². The van der Waals surface area contributed by atoms with Crippen molar-refractivity contribution in [1.82, 2.24) is 4.98 Å². The van der Waals surface area contributed by atoms with Crippen LogP contribution in [0, 0.1) is 0 Å². The predicted molar refractivity (Wildman–Crippen MR) is 59.9 cm³/mol. The van der Waals surface area contributed by atoms with E-state index in [-0.39, 0.29) is 5.56 Å². The molecule has 15 heavy (non-hydrogen) atoms. The van der Waals surface area contributed by atoms with Crippen LogP contribution in [0.25, 0.3) is 11.1 Å². The number of H-pyrrole nitrogens is 1. The minimum Gasteiger partial charge on any atom is -0.326 e. The first-order valence-corrected chi connectivity index (χ1v) is 5.15. The number of fused-ring (bicyclic) bond motifs is 3. The largest absolute Gasteiger partial charge is 0.326 e. The first-order valence-electron chi connectivity index (χ1n) is 5.15. The minimum atomic E-state index is -0.00636. The van der Waals surface area contributed by atoms with Gasteiger partial charge in [0, 0.05) is 17.3 Å². The molecule has 1 aliphatic carbocycles. The monoisotopic (exact) mass is 197 g/mol. The molecular weight excluding hydrogens is 186 g/mol. The molecule has 0 spiro atoms. The molecule has 0 radical (unpaired) electrons. The summed E-state index contributed by atoms with van der Waals surface area (Å²) in [5, 5.41) is 0. The van der Waals surface area contributed by atoms with Crippen LogP contribution in [0.5, 0.6) is 0 Å². The number of rotatable bonds is 0. The fourth-order valence-corrected chi connectivity index (χ4v) is 2.23. The molecule has 0 unspecified atom stereocenters. The van der Waals surface area contributed by atoms with Gasteiger partial charge in [-0.25, -0.2) is 0 Å². The average Bonchev–Trinajstić information content (AvgIpc) is 2.28. The number of hydrogen-bond donors (Lipinski definition) is 1. The molecule has 0 amide bonds. The van der Waals surface area contributed by atoms with Gasteiger partial charge in [0.1, 0.15) is 0 Å². The van der Waals surface area contributed by atoms with Gasteiger partial charge in [-0.05, 0) is 30.0 Å². The number of hydrogen-bond acceptors (Lipinski definition) is 1. The standard InChI is InChI=1S/C13H11NO/c15-13-8-6-11-10-4-2-1-3-9(10)5-7-12(11)14-13/h1-4,6,8H,5,7H2,(H,14,15). The highest BCUT2D eigenvalue weighted by Gasteiger charge is 2.15. The van der Waals surface area contributed by atoms with E-state index >= 15 is 0 Å². The van der Waals surface area contributed by atoms with Crippen LogP contribution in [-0.4, -0.2) is 4.98 Å². The van der Waals surface area contributed by atoms with Crippen molar-refractivity contribution in [3.63, 3.8) is 0 Å². The van der Waals surface area contributed by atoms with E-state index in [1.165, 1.54) is 16.7 Å². The van der Waals surface area contributed by atoms with Crippen molar-refractivity contribution >= 4 is 0 Å². The van der Waals surface area contributed by atoms with Crippen molar-refractivity contribution < 1.29 is 0 Å². The fourth-order valence-electron chi connectivity index (χ4n) is 2.23. The molecule has 0 saturated heterocycles. The SMILES string of the molecule is O=c1ccc2c([nH]1)CCc1ccccc1-2. The molecule has 0 aliphatic heterocycles. The van der Waals surface area contributed by atoms with Gasteiger partial charge in [0.05, 0.1) is 0 Å². The maximum absolute atomic E-state index is 11.2. The molecular formula is C13H11NO. The van der Waals surface area contributed by atoms with Gasteiger partial charge in [-0.15, -0.1) is 0 Å². The quantitative estimate of drug-likeness (QED) is 0.689. The summed E-state index contributed by atoms with van der Waals surface area (Å²) in [6.45, 7) is 0. The summed E-state index contributed by atoms with van der Waals surface area (Å²) in [5.74, 6) is 0. The summed E-state index contributed by atoms with van der Waals surface area (Å²) in [5.41, 5.74) is 4.87. The third kappa shape index (κ3) is 1.30. The summed E-state index contributed by atoms with van der Waals surface area (Å²) < 4.78 is 0. The molecule has 1 aromatic heterocycles. The molecule has 0 fully saturated rings. The second-order valence-corrected chi connectivity index (χ2v) is 3.87. The molecule has 3 rings (SSSR count). The van der Waals surface area contributed by atoms with E-state index in [9.17, 15) is 4.79 Å². The smallest absolute Gasteiger partial charge is 0.248 e. The highest BCUT2D eigenvalue weighted by atomic mass is 16.1. The Kier molecular flexibility index (Phi) is 1.75. The average molecular weight is 197 g/mol. The van der Waals surface area contributed by atoms with E-state index in [0.29, 0.717) is 0 Å². The summed E-state index contributed by atoms with van der Waals surface area (Å²) >= 11 is 0. The van der Waals surface area contributed by atoms with Crippen LogP contribution < -0.4 is 5.56 Å². The molecule has 0 saturated carbocycles. The Morgan fingerprint density at radius 2 is 1.80 bits per heavy atom.